The average Bonchev–Trinajstić information content (AvgIpc) is 2.58. The Labute approximate surface area is 162 Å². The van der Waals surface area contributed by atoms with Crippen molar-refractivity contribution in [1.82, 2.24) is 5.32 Å². The van der Waals surface area contributed by atoms with E-state index in [9.17, 15) is 14.0 Å². The molecule has 0 unspecified atom stereocenters. The summed E-state index contributed by atoms with van der Waals surface area (Å²) in [5, 5.41) is 10.9. The molecule has 3 amide bonds. The Bertz CT molecular complexity index is 922. The SMILES string of the molecule is N#C/C(=C/c1ccc(OCc2cccc(F)c2)c(I)c1)C(=O)NC(N)=O. The second-order valence-corrected chi connectivity index (χ2v) is 6.26. The molecule has 0 spiro atoms. The van der Waals surface area contributed by atoms with Gasteiger partial charge < -0.3 is 10.5 Å². The summed E-state index contributed by atoms with van der Waals surface area (Å²) in [6.07, 6.45) is 1.33. The lowest BCUT2D eigenvalue weighted by molar-refractivity contribution is -0.115. The number of amides is 3. The van der Waals surface area contributed by atoms with E-state index < -0.39 is 11.9 Å². The monoisotopic (exact) mass is 465 g/mol. The zero-order valence-corrected chi connectivity index (χ0v) is 15.5. The van der Waals surface area contributed by atoms with Crippen LogP contribution in [0.4, 0.5) is 9.18 Å². The zero-order valence-electron chi connectivity index (χ0n) is 13.3. The summed E-state index contributed by atoms with van der Waals surface area (Å²) in [6.45, 7) is 0.202. The van der Waals surface area contributed by atoms with E-state index in [4.69, 9.17) is 15.7 Å². The highest BCUT2D eigenvalue weighted by molar-refractivity contribution is 14.1. The van der Waals surface area contributed by atoms with E-state index in [-0.39, 0.29) is 18.0 Å². The van der Waals surface area contributed by atoms with E-state index in [2.05, 4.69) is 0 Å². The van der Waals surface area contributed by atoms with Crippen molar-refractivity contribution in [3.63, 3.8) is 0 Å². The average molecular weight is 465 g/mol. The lowest BCUT2D eigenvalue weighted by atomic mass is 10.1. The first-order valence-electron chi connectivity index (χ1n) is 7.28. The van der Waals surface area contributed by atoms with Gasteiger partial charge in [-0.05, 0) is 64.1 Å². The molecule has 0 atom stereocenters. The Kier molecular flexibility index (Phi) is 6.68. The number of urea groups is 1. The molecule has 132 valence electrons. The fourth-order valence-electron chi connectivity index (χ4n) is 2.01. The van der Waals surface area contributed by atoms with Crippen molar-refractivity contribution in [2.45, 2.75) is 6.61 Å². The van der Waals surface area contributed by atoms with E-state index in [1.54, 1.807) is 36.4 Å². The van der Waals surface area contributed by atoms with E-state index in [0.29, 0.717) is 16.9 Å². The van der Waals surface area contributed by atoms with Crippen LogP contribution in [0.2, 0.25) is 0 Å². The molecule has 2 aromatic carbocycles. The molecule has 0 heterocycles. The maximum atomic E-state index is 13.2. The van der Waals surface area contributed by atoms with Gasteiger partial charge in [-0.2, -0.15) is 5.26 Å². The summed E-state index contributed by atoms with van der Waals surface area (Å²) in [7, 11) is 0. The van der Waals surface area contributed by atoms with Crippen molar-refractivity contribution in [2.75, 3.05) is 0 Å². The predicted molar refractivity (Wildman–Crippen MR) is 101 cm³/mol. The molecule has 0 aromatic heterocycles. The van der Waals surface area contributed by atoms with Crippen LogP contribution in [0.25, 0.3) is 6.08 Å². The number of carbonyl (C=O) groups is 2. The van der Waals surface area contributed by atoms with Crippen molar-refractivity contribution in [3.05, 3.63) is 68.6 Å². The summed E-state index contributed by atoms with van der Waals surface area (Å²) in [5.41, 5.74) is 5.88. The highest BCUT2D eigenvalue weighted by Gasteiger charge is 2.11. The molecular formula is C18H13FIN3O3. The van der Waals surface area contributed by atoms with Gasteiger partial charge in [-0.15, -0.1) is 0 Å². The number of imide groups is 1. The standard InChI is InChI=1S/C18H13FIN3O3/c19-14-3-1-2-12(7-14)10-26-16-5-4-11(8-15(16)20)6-13(9-21)17(24)23-18(22)25/h1-8H,10H2,(H3,22,23,24,25)/b13-6-. The van der Waals surface area contributed by atoms with Crippen LogP contribution in [-0.4, -0.2) is 11.9 Å². The van der Waals surface area contributed by atoms with Crippen LogP contribution >= 0.6 is 22.6 Å². The van der Waals surface area contributed by atoms with E-state index >= 15 is 0 Å². The molecule has 0 aliphatic rings. The summed E-state index contributed by atoms with van der Waals surface area (Å²) < 4.78 is 19.6. The number of nitrogens with zero attached hydrogens (tertiary/aromatic N) is 1. The van der Waals surface area contributed by atoms with Gasteiger partial charge in [-0.25, -0.2) is 9.18 Å². The van der Waals surface area contributed by atoms with Gasteiger partial charge >= 0.3 is 6.03 Å². The van der Waals surface area contributed by atoms with Gasteiger partial charge in [0.15, 0.2) is 0 Å². The van der Waals surface area contributed by atoms with Crippen molar-refractivity contribution >= 4 is 40.6 Å². The number of primary amides is 1. The third-order valence-electron chi connectivity index (χ3n) is 3.15. The van der Waals surface area contributed by atoms with Gasteiger partial charge in [-0.3, -0.25) is 10.1 Å². The molecule has 0 saturated carbocycles. The van der Waals surface area contributed by atoms with E-state index in [1.165, 1.54) is 18.2 Å². The van der Waals surface area contributed by atoms with Gasteiger partial charge in [0.2, 0.25) is 0 Å². The molecule has 26 heavy (non-hydrogen) atoms. The first-order valence-corrected chi connectivity index (χ1v) is 8.36. The number of hydrogen-bond acceptors (Lipinski definition) is 4. The number of halogens is 2. The van der Waals surface area contributed by atoms with Crippen molar-refractivity contribution in [2.24, 2.45) is 5.73 Å². The maximum absolute atomic E-state index is 13.2. The topological polar surface area (TPSA) is 105 Å². The summed E-state index contributed by atoms with van der Waals surface area (Å²) in [5.74, 6) is -0.631. The molecular weight excluding hydrogens is 452 g/mol. The van der Waals surface area contributed by atoms with Crippen LogP contribution in [-0.2, 0) is 11.4 Å². The minimum atomic E-state index is -1.04. The van der Waals surface area contributed by atoms with Crippen molar-refractivity contribution in [1.29, 1.82) is 5.26 Å². The number of carbonyl (C=O) groups excluding carboxylic acids is 2. The Hall–Kier alpha value is -2.93. The van der Waals surface area contributed by atoms with Crippen LogP contribution in [0.3, 0.4) is 0 Å². The zero-order chi connectivity index (χ0) is 19.1. The summed E-state index contributed by atoms with van der Waals surface area (Å²) in [4.78, 5) is 22.4. The number of nitrogens with one attached hydrogen (secondary N) is 1. The normalized spacial score (nSPS) is 10.7. The quantitative estimate of drug-likeness (QED) is 0.402. The second kappa shape index (κ2) is 8.96. The van der Waals surface area contributed by atoms with Crippen LogP contribution in [0.5, 0.6) is 5.75 Å². The highest BCUT2D eigenvalue weighted by Crippen LogP contribution is 2.24. The smallest absolute Gasteiger partial charge is 0.319 e. The molecule has 0 fully saturated rings. The lowest BCUT2D eigenvalue weighted by Gasteiger charge is -2.09. The first kappa shape index (κ1) is 19.4. The number of nitriles is 1. The third kappa shape index (κ3) is 5.56. The van der Waals surface area contributed by atoms with Crippen molar-refractivity contribution < 1.29 is 18.7 Å². The van der Waals surface area contributed by atoms with Crippen molar-refractivity contribution in [3.8, 4) is 11.8 Å². The van der Waals surface area contributed by atoms with Crippen LogP contribution < -0.4 is 15.8 Å². The van der Waals surface area contributed by atoms with Gasteiger partial charge in [0.25, 0.3) is 5.91 Å². The van der Waals surface area contributed by atoms with E-state index in [0.717, 1.165) is 3.57 Å². The predicted octanol–water partition coefficient (Wildman–Crippen LogP) is 3.11. The number of hydrogen-bond donors (Lipinski definition) is 2. The molecule has 3 N–H and O–H groups in total. The molecule has 2 rings (SSSR count). The molecule has 6 nitrogen and oxygen atoms in total. The van der Waals surface area contributed by atoms with Crippen LogP contribution in [0, 0.1) is 20.7 Å². The second-order valence-electron chi connectivity index (χ2n) is 5.10. The van der Waals surface area contributed by atoms with E-state index in [1.807, 2.05) is 27.9 Å². The first-order chi connectivity index (χ1) is 12.4. The minimum absolute atomic E-state index is 0.202. The summed E-state index contributed by atoms with van der Waals surface area (Å²) >= 11 is 2.05. The molecule has 2 aromatic rings. The Balaban J connectivity index is 2.13. The largest absolute Gasteiger partial charge is 0.488 e. The fraction of sp³-hybridized carbons (Fsp3) is 0.0556. The Morgan fingerprint density at radius 2 is 2.08 bits per heavy atom. The van der Waals surface area contributed by atoms with Gasteiger partial charge in [-0.1, -0.05) is 18.2 Å². The number of ether oxygens (including phenoxy) is 1. The minimum Gasteiger partial charge on any atom is -0.488 e. The molecule has 8 heteroatoms. The fourth-order valence-corrected chi connectivity index (χ4v) is 2.70. The van der Waals surface area contributed by atoms with Gasteiger partial charge in [0.1, 0.15) is 29.8 Å². The Morgan fingerprint density at radius 1 is 1.31 bits per heavy atom. The maximum Gasteiger partial charge on any atom is 0.319 e. The molecule has 0 saturated heterocycles. The van der Waals surface area contributed by atoms with Gasteiger partial charge in [0.05, 0.1) is 3.57 Å². The number of nitrogens with two attached hydrogens (primary N) is 1. The number of benzene rings is 2. The molecule has 0 aliphatic carbocycles. The van der Waals surface area contributed by atoms with Crippen LogP contribution in [0.15, 0.2) is 48.0 Å². The Morgan fingerprint density at radius 3 is 2.69 bits per heavy atom. The number of rotatable bonds is 5. The molecule has 0 aliphatic heterocycles. The highest BCUT2D eigenvalue weighted by atomic mass is 127. The summed E-state index contributed by atoms with van der Waals surface area (Å²) in [6, 6.07) is 11.8. The van der Waals surface area contributed by atoms with Gasteiger partial charge in [0, 0.05) is 0 Å². The molecule has 0 bridgehead atoms. The molecule has 0 radical (unpaired) electrons. The third-order valence-corrected chi connectivity index (χ3v) is 4.00. The lowest BCUT2D eigenvalue weighted by Crippen LogP contribution is -2.35. The van der Waals surface area contributed by atoms with Crippen LogP contribution in [0.1, 0.15) is 11.1 Å².